The summed E-state index contributed by atoms with van der Waals surface area (Å²) in [5.74, 6) is 0.956. The van der Waals surface area contributed by atoms with Crippen molar-refractivity contribution in [2.45, 2.75) is 25.8 Å². The molecule has 0 aromatic heterocycles. The van der Waals surface area contributed by atoms with Crippen LogP contribution >= 0.6 is 0 Å². The topological polar surface area (TPSA) is 35.8 Å². The van der Waals surface area contributed by atoms with Crippen molar-refractivity contribution >= 4 is 5.71 Å². The summed E-state index contributed by atoms with van der Waals surface area (Å²) in [4.78, 5) is 2.51. The molecule has 0 amide bonds. The highest BCUT2D eigenvalue weighted by Gasteiger charge is 2.36. The molecule has 1 heterocycles. The average molecular weight is 244 g/mol. The number of oxime groups is 1. The fourth-order valence-electron chi connectivity index (χ4n) is 3.44. The smallest absolute Gasteiger partial charge is 0.0657 e. The molecular weight excluding hydrogens is 224 g/mol. The van der Waals surface area contributed by atoms with Crippen LogP contribution in [0.25, 0.3) is 0 Å². The third-order valence-electron chi connectivity index (χ3n) is 4.26. The van der Waals surface area contributed by atoms with E-state index in [1.165, 1.54) is 24.8 Å². The van der Waals surface area contributed by atoms with Gasteiger partial charge >= 0.3 is 0 Å². The number of likely N-dealkylation sites (tertiary alicyclic amines) is 1. The van der Waals surface area contributed by atoms with Gasteiger partial charge in [-0.3, -0.25) is 4.90 Å². The Morgan fingerprint density at radius 1 is 1.11 bits per heavy atom. The molecule has 3 heteroatoms. The Kier molecular flexibility index (Phi) is 3.33. The van der Waals surface area contributed by atoms with Crippen LogP contribution in [0.3, 0.4) is 0 Å². The molecule has 0 spiro atoms. The minimum Gasteiger partial charge on any atom is -0.411 e. The molecule has 1 saturated heterocycles. The van der Waals surface area contributed by atoms with Gasteiger partial charge in [0.1, 0.15) is 0 Å². The second kappa shape index (κ2) is 5.11. The normalized spacial score (nSPS) is 28.1. The van der Waals surface area contributed by atoms with Gasteiger partial charge in [-0.05, 0) is 18.4 Å². The van der Waals surface area contributed by atoms with Crippen LogP contribution in [-0.4, -0.2) is 28.9 Å². The summed E-state index contributed by atoms with van der Waals surface area (Å²) < 4.78 is 0. The van der Waals surface area contributed by atoms with E-state index in [0.29, 0.717) is 11.8 Å². The molecule has 2 fully saturated rings. The van der Waals surface area contributed by atoms with Crippen LogP contribution in [0, 0.1) is 11.8 Å². The van der Waals surface area contributed by atoms with Crippen LogP contribution in [0.2, 0.25) is 0 Å². The molecule has 18 heavy (non-hydrogen) atoms. The maximum atomic E-state index is 9.14. The number of rotatable bonds is 2. The first-order chi connectivity index (χ1) is 8.86. The largest absolute Gasteiger partial charge is 0.411 e. The first kappa shape index (κ1) is 11.7. The number of piperidine rings is 1. The van der Waals surface area contributed by atoms with Crippen LogP contribution in [0.4, 0.5) is 0 Å². The van der Waals surface area contributed by atoms with Gasteiger partial charge in [0.05, 0.1) is 5.71 Å². The van der Waals surface area contributed by atoms with Gasteiger partial charge in [-0.25, -0.2) is 0 Å². The number of fused-ring (bicyclic) bond motifs is 2. The fourth-order valence-corrected chi connectivity index (χ4v) is 3.44. The monoisotopic (exact) mass is 244 g/mol. The number of hydrogen-bond acceptors (Lipinski definition) is 3. The SMILES string of the molecule is ON=C1[C@H]2CCC[C@H]1CN(Cc1ccccc1)C2. The quantitative estimate of drug-likeness (QED) is 0.641. The minimum atomic E-state index is 0.478. The lowest BCUT2D eigenvalue weighted by molar-refractivity contribution is 0.161. The van der Waals surface area contributed by atoms with Gasteiger partial charge in [0.15, 0.2) is 0 Å². The summed E-state index contributed by atoms with van der Waals surface area (Å²) in [5.41, 5.74) is 2.44. The molecule has 1 N–H and O–H groups in total. The van der Waals surface area contributed by atoms with E-state index in [0.717, 1.165) is 25.3 Å². The first-order valence-corrected chi connectivity index (χ1v) is 6.85. The van der Waals surface area contributed by atoms with Gasteiger partial charge in [0.2, 0.25) is 0 Å². The van der Waals surface area contributed by atoms with Gasteiger partial charge in [-0.2, -0.15) is 0 Å². The molecule has 1 aromatic rings. The van der Waals surface area contributed by atoms with Crippen molar-refractivity contribution in [2.75, 3.05) is 13.1 Å². The van der Waals surface area contributed by atoms with Crippen LogP contribution < -0.4 is 0 Å². The molecule has 1 aliphatic carbocycles. The highest BCUT2D eigenvalue weighted by atomic mass is 16.4. The van der Waals surface area contributed by atoms with Gasteiger partial charge in [-0.15, -0.1) is 0 Å². The summed E-state index contributed by atoms with van der Waals surface area (Å²) in [6.07, 6.45) is 3.65. The summed E-state index contributed by atoms with van der Waals surface area (Å²) in [5, 5.41) is 12.7. The minimum absolute atomic E-state index is 0.478. The molecule has 96 valence electrons. The second-order valence-corrected chi connectivity index (χ2v) is 5.53. The fraction of sp³-hybridized carbons (Fsp3) is 0.533. The van der Waals surface area contributed by atoms with Crippen molar-refractivity contribution in [3.63, 3.8) is 0 Å². The summed E-state index contributed by atoms with van der Waals surface area (Å²) in [6, 6.07) is 10.6. The Balaban J connectivity index is 1.70. The van der Waals surface area contributed by atoms with Crippen molar-refractivity contribution in [1.29, 1.82) is 0 Å². The zero-order chi connectivity index (χ0) is 12.4. The molecular formula is C15H20N2O. The molecule has 0 unspecified atom stereocenters. The molecule has 3 rings (SSSR count). The zero-order valence-electron chi connectivity index (χ0n) is 10.6. The lowest BCUT2D eigenvalue weighted by Gasteiger charge is -2.41. The second-order valence-electron chi connectivity index (χ2n) is 5.53. The highest BCUT2D eigenvalue weighted by molar-refractivity contribution is 5.90. The highest BCUT2D eigenvalue weighted by Crippen LogP contribution is 2.33. The Bertz CT molecular complexity index is 413. The standard InChI is InChI=1S/C15H20N2O/c18-16-15-13-7-4-8-14(15)11-17(10-13)9-12-5-2-1-3-6-12/h1-3,5-6,13-14,18H,4,7-11H2/t13-,14-/m0/s1. The zero-order valence-corrected chi connectivity index (χ0v) is 10.6. The summed E-state index contributed by atoms with van der Waals surface area (Å²) >= 11 is 0. The van der Waals surface area contributed by atoms with E-state index in [1.54, 1.807) is 0 Å². The van der Waals surface area contributed by atoms with Crippen LogP contribution in [0.15, 0.2) is 35.5 Å². The van der Waals surface area contributed by atoms with E-state index in [4.69, 9.17) is 5.21 Å². The molecule has 1 aliphatic heterocycles. The third-order valence-corrected chi connectivity index (χ3v) is 4.26. The maximum absolute atomic E-state index is 9.14. The van der Waals surface area contributed by atoms with Crippen LogP contribution in [0.5, 0.6) is 0 Å². The van der Waals surface area contributed by atoms with Crippen molar-refractivity contribution < 1.29 is 5.21 Å². The molecule has 3 nitrogen and oxygen atoms in total. The Hall–Kier alpha value is -1.35. The lowest BCUT2D eigenvalue weighted by Crippen LogP contribution is -2.48. The molecule has 2 bridgehead atoms. The summed E-state index contributed by atoms with van der Waals surface area (Å²) in [6.45, 7) is 3.11. The Morgan fingerprint density at radius 3 is 2.39 bits per heavy atom. The van der Waals surface area contributed by atoms with Gasteiger partial charge in [0, 0.05) is 31.5 Å². The van der Waals surface area contributed by atoms with Crippen molar-refractivity contribution in [2.24, 2.45) is 17.0 Å². The molecule has 1 aromatic carbocycles. The van der Waals surface area contributed by atoms with Crippen molar-refractivity contribution in [3.8, 4) is 0 Å². The number of benzene rings is 1. The van der Waals surface area contributed by atoms with Crippen molar-refractivity contribution in [3.05, 3.63) is 35.9 Å². The van der Waals surface area contributed by atoms with Crippen LogP contribution in [0.1, 0.15) is 24.8 Å². The maximum Gasteiger partial charge on any atom is 0.0657 e. The van der Waals surface area contributed by atoms with E-state index in [-0.39, 0.29) is 0 Å². The van der Waals surface area contributed by atoms with Gasteiger partial charge in [0.25, 0.3) is 0 Å². The number of nitrogens with zero attached hydrogens (tertiary/aromatic N) is 2. The van der Waals surface area contributed by atoms with Crippen LogP contribution in [-0.2, 0) is 6.54 Å². The lowest BCUT2D eigenvalue weighted by atomic mass is 9.76. The van der Waals surface area contributed by atoms with E-state index in [9.17, 15) is 0 Å². The first-order valence-electron chi connectivity index (χ1n) is 6.85. The van der Waals surface area contributed by atoms with E-state index >= 15 is 0 Å². The Labute approximate surface area is 108 Å². The predicted octanol–water partition coefficient (Wildman–Crippen LogP) is 2.75. The predicted molar refractivity (Wildman–Crippen MR) is 71.8 cm³/mol. The third kappa shape index (κ3) is 2.27. The van der Waals surface area contributed by atoms with Gasteiger partial charge < -0.3 is 5.21 Å². The summed E-state index contributed by atoms with van der Waals surface area (Å²) in [7, 11) is 0. The van der Waals surface area contributed by atoms with E-state index in [2.05, 4.69) is 40.4 Å². The molecule has 2 aliphatic rings. The van der Waals surface area contributed by atoms with E-state index in [1.807, 2.05) is 0 Å². The average Bonchev–Trinajstić information content (AvgIpc) is 2.39. The molecule has 2 atom stereocenters. The molecule has 0 radical (unpaired) electrons. The Morgan fingerprint density at radius 2 is 1.78 bits per heavy atom. The van der Waals surface area contributed by atoms with Gasteiger partial charge in [-0.1, -0.05) is 41.9 Å². The van der Waals surface area contributed by atoms with Crippen molar-refractivity contribution in [1.82, 2.24) is 4.90 Å². The molecule has 1 saturated carbocycles. The number of hydrogen-bond donors (Lipinski definition) is 1. The van der Waals surface area contributed by atoms with E-state index < -0.39 is 0 Å².